The number of rotatable bonds is 5. The van der Waals surface area contributed by atoms with Crippen molar-refractivity contribution in [2.24, 2.45) is 11.8 Å². The highest BCUT2D eigenvalue weighted by Crippen LogP contribution is 2.56. The quantitative estimate of drug-likeness (QED) is 0.794. The lowest BCUT2D eigenvalue weighted by Gasteiger charge is -2.21. The van der Waals surface area contributed by atoms with Crippen LogP contribution in [0.3, 0.4) is 0 Å². The monoisotopic (exact) mass is 426 g/mol. The van der Waals surface area contributed by atoms with Crippen LogP contribution in [-0.2, 0) is 14.8 Å². The number of carbonyl (C=O) groups excluding carboxylic acids is 1. The Labute approximate surface area is 179 Å². The summed E-state index contributed by atoms with van der Waals surface area (Å²) in [6.07, 6.45) is 3.47. The van der Waals surface area contributed by atoms with Gasteiger partial charge in [0, 0.05) is 25.0 Å². The van der Waals surface area contributed by atoms with Crippen molar-refractivity contribution in [1.82, 2.24) is 9.62 Å². The maximum Gasteiger partial charge on any atom is 0.226 e. The zero-order valence-electron chi connectivity index (χ0n) is 17.6. The second kappa shape index (κ2) is 8.52. The Balaban J connectivity index is 1.48. The predicted molar refractivity (Wildman–Crippen MR) is 119 cm³/mol. The van der Waals surface area contributed by atoms with Gasteiger partial charge in [-0.05, 0) is 47.8 Å². The molecule has 2 aromatic carbocycles. The van der Waals surface area contributed by atoms with E-state index in [0.29, 0.717) is 25.4 Å². The highest BCUT2D eigenvalue weighted by atomic mass is 32.2. The summed E-state index contributed by atoms with van der Waals surface area (Å²) in [6.45, 7) is 3.49. The summed E-state index contributed by atoms with van der Waals surface area (Å²) in [5.41, 5.74) is 3.64. The predicted octanol–water partition coefficient (Wildman–Crippen LogP) is 3.63. The molecule has 1 saturated heterocycles. The first-order valence-electron chi connectivity index (χ1n) is 10.8. The summed E-state index contributed by atoms with van der Waals surface area (Å²) in [5.74, 6) is 0.780. The number of nitrogens with one attached hydrogen (secondary N) is 1. The molecule has 1 amide bonds. The van der Waals surface area contributed by atoms with Crippen LogP contribution in [0.2, 0.25) is 0 Å². The van der Waals surface area contributed by atoms with Crippen molar-refractivity contribution < 1.29 is 13.2 Å². The van der Waals surface area contributed by atoms with E-state index in [1.54, 1.807) is 0 Å². The topological polar surface area (TPSA) is 66.5 Å². The normalized spacial score (nSPS) is 26.8. The van der Waals surface area contributed by atoms with E-state index in [9.17, 15) is 13.2 Å². The van der Waals surface area contributed by atoms with Gasteiger partial charge in [-0.3, -0.25) is 4.79 Å². The van der Waals surface area contributed by atoms with Crippen molar-refractivity contribution in [3.8, 4) is 11.1 Å². The lowest BCUT2D eigenvalue weighted by molar-refractivity contribution is -0.132. The molecule has 4 atom stereocenters. The number of carbonyl (C=O) groups is 1. The van der Waals surface area contributed by atoms with E-state index in [2.05, 4.69) is 48.0 Å². The number of likely N-dealkylation sites (tertiary alicyclic amines) is 1. The molecule has 0 bridgehead atoms. The third kappa shape index (κ3) is 4.60. The molecule has 4 rings (SSSR count). The van der Waals surface area contributed by atoms with Crippen LogP contribution in [0.5, 0.6) is 0 Å². The van der Waals surface area contributed by atoms with Gasteiger partial charge >= 0.3 is 0 Å². The largest absolute Gasteiger partial charge is 0.342 e. The van der Waals surface area contributed by atoms with Crippen LogP contribution in [0, 0.1) is 11.8 Å². The first kappa shape index (κ1) is 21.1. The maximum absolute atomic E-state index is 13.3. The molecule has 6 heteroatoms. The zero-order chi connectivity index (χ0) is 21.3. The van der Waals surface area contributed by atoms with E-state index in [1.165, 1.54) is 22.9 Å². The molecule has 2 aromatic rings. The van der Waals surface area contributed by atoms with E-state index in [1.807, 2.05) is 23.1 Å². The average Bonchev–Trinajstić information content (AvgIpc) is 3.44. The highest BCUT2D eigenvalue weighted by Gasteiger charge is 2.54. The molecule has 0 aromatic heterocycles. The Kier molecular flexibility index (Phi) is 5.98. The smallest absolute Gasteiger partial charge is 0.226 e. The third-order valence-electron chi connectivity index (χ3n) is 6.49. The number of hydrogen-bond donors (Lipinski definition) is 1. The molecule has 1 heterocycles. The second-order valence-corrected chi connectivity index (χ2v) is 10.5. The molecule has 30 heavy (non-hydrogen) atoms. The Hall–Kier alpha value is -2.18. The minimum atomic E-state index is -3.22. The van der Waals surface area contributed by atoms with Crippen LogP contribution in [0.25, 0.3) is 11.1 Å². The zero-order valence-corrected chi connectivity index (χ0v) is 18.4. The molecule has 0 spiro atoms. The fourth-order valence-electron chi connectivity index (χ4n) is 4.93. The van der Waals surface area contributed by atoms with E-state index >= 15 is 0 Å². The van der Waals surface area contributed by atoms with Gasteiger partial charge in [-0.1, -0.05) is 61.5 Å². The Morgan fingerprint density at radius 2 is 1.70 bits per heavy atom. The molecule has 1 N–H and O–H groups in total. The Morgan fingerprint density at radius 3 is 2.43 bits per heavy atom. The lowest BCUT2D eigenvalue weighted by atomic mass is 9.95. The van der Waals surface area contributed by atoms with Gasteiger partial charge in [0.25, 0.3) is 0 Å². The van der Waals surface area contributed by atoms with Gasteiger partial charge < -0.3 is 4.90 Å². The van der Waals surface area contributed by atoms with Crippen LogP contribution < -0.4 is 4.72 Å². The van der Waals surface area contributed by atoms with Crippen LogP contribution in [0.4, 0.5) is 0 Å². The number of amides is 1. The first-order valence-corrected chi connectivity index (χ1v) is 12.6. The fourth-order valence-corrected chi connectivity index (χ4v) is 5.78. The van der Waals surface area contributed by atoms with Gasteiger partial charge in [0.2, 0.25) is 15.9 Å². The van der Waals surface area contributed by atoms with Crippen molar-refractivity contribution in [1.29, 1.82) is 0 Å². The van der Waals surface area contributed by atoms with Gasteiger partial charge in [-0.25, -0.2) is 13.1 Å². The summed E-state index contributed by atoms with van der Waals surface area (Å²) >= 11 is 0. The Morgan fingerprint density at radius 1 is 1.00 bits per heavy atom. The van der Waals surface area contributed by atoms with Gasteiger partial charge in [0.15, 0.2) is 0 Å². The van der Waals surface area contributed by atoms with E-state index < -0.39 is 10.0 Å². The summed E-state index contributed by atoms with van der Waals surface area (Å²) in [4.78, 5) is 15.3. The summed E-state index contributed by atoms with van der Waals surface area (Å²) < 4.78 is 25.8. The fraction of sp³-hybridized carbons (Fsp3) is 0.458. The van der Waals surface area contributed by atoms with Gasteiger partial charge in [-0.15, -0.1) is 0 Å². The number of hydrogen-bond acceptors (Lipinski definition) is 3. The van der Waals surface area contributed by atoms with Crippen molar-refractivity contribution in [2.75, 3.05) is 19.3 Å². The summed E-state index contributed by atoms with van der Waals surface area (Å²) in [5, 5.41) is 0. The maximum atomic E-state index is 13.3. The van der Waals surface area contributed by atoms with E-state index in [4.69, 9.17) is 0 Å². The summed E-state index contributed by atoms with van der Waals surface area (Å²) in [6, 6.07) is 18.7. The van der Waals surface area contributed by atoms with E-state index in [-0.39, 0.29) is 23.8 Å². The minimum Gasteiger partial charge on any atom is -0.342 e. The second-order valence-electron chi connectivity index (χ2n) is 8.71. The van der Waals surface area contributed by atoms with Gasteiger partial charge in [0.05, 0.1) is 6.26 Å². The molecule has 1 aliphatic heterocycles. The first-order chi connectivity index (χ1) is 14.3. The molecular formula is C24H30N2O3S. The molecule has 2 aliphatic rings. The average molecular weight is 427 g/mol. The molecule has 0 radical (unpaired) electrons. The minimum absolute atomic E-state index is 0.00859. The van der Waals surface area contributed by atoms with Crippen LogP contribution in [0.15, 0.2) is 54.6 Å². The molecule has 5 nitrogen and oxygen atoms in total. The summed E-state index contributed by atoms with van der Waals surface area (Å²) in [7, 11) is -3.22. The molecule has 160 valence electrons. The van der Waals surface area contributed by atoms with Crippen molar-refractivity contribution in [2.45, 2.75) is 38.1 Å². The van der Waals surface area contributed by atoms with Crippen molar-refractivity contribution in [3.63, 3.8) is 0 Å². The van der Waals surface area contributed by atoms with Crippen LogP contribution in [-0.4, -0.2) is 44.6 Å². The Bertz CT molecular complexity index is 1010. The molecular weight excluding hydrogens is 396 g/mol. The standard InChI is InChI=1S/C24H30N2O3S/c1-17-22(21-13-7-6-12-20(21)18-9-4-3-5-10-18)23(17)24(27)26-15-8-11-19(14-16-26)25-30(2,28)29/h3-7,9-10,12-13,17,19,22-23,25H,8,11,14-16H2,1-2H3/t17-,19-,22+,23-/m1/s1. The van der Waals surface area contributed by atoms with Crippen LogP contribution >= 0.6 is 0 Å². The number of sulfonamides is 1. The molecule has 2 fully saturated rings. The number of nitrogens with zero attached hydrogens (tertiary/aromatic N) is 1. The number of benzene rings is 2. The van der Waals surface area contributed by atoms with E-state index in [0.717, 1.165) is 12.8 Å². The third-order valence-corrected chi connectivity index (χ3v) is 7.25. The van der Waals surface area contributed by atoms with Gasteiger partial charge in [-0.2, -0.15) is 0 Å². The van der Waals surface area contributed by atoms with Crippen molar-refractivity contribution >= 4 is 15.9 Å². The highest BCUT2D eigenvalue weighted by molar-refractivity contribution is 7.88. The molecule has 1 saturated carbocycles. The molecule has 1 aliphatic carbocycles. The van der Waals surface area contributed by atoms with Crippen molar-refractivity contribution in [3.05, 3.63) is 60.2 Å². The van der Waals surface area contributed by atoms with Gasteiger partial charge in [0.1, 0.15) is 0 Å². The lowest BCUT2D eigenvalue weighted by Crippen LogP contribution is -2.37. The SMILES string of the molecule is C[C@H]1[C@@H](C(=O)N2CCC[C@@H](NS(C)(=O)=O)CC2)[C@@H]1c1ccccc1-c1ccccc1. The molecule has 0 unspecified atom stereocenters. The van der Waals surface area contributed by atoms with Crippen LogP contribution in [0.1, 0.15) is 37.7 Å².